The summed E-state index contributed by atoms with van der Waals surface area (Å²) in [7, 11) is 3.49. The van der Waals surface area contributed by atoms with Gasteiger partial charge < -0.3 is 9.64 Å². The molecule has 0 bridgehead atoms. The molecule has 0 aromatic carbocycles. The van der Waals surface area contributed by atoms with Crippen molar-refractivity contribution in [1.82, 2.24) is 14.7 Å². The highest BCUT2D eigenvalue weighted by Gasteiger charge is 2.32. The lowest BCUT2D eigenvalue weighted by Gasteiger charge is -2.25. The number of carbonyl (C=O) groups is 1. The van der Waals surface area contributed by atoms with E-state index < -0.39 is 0 Å². The van der Waals surface area contributed by atoms with Crippen molar-refractivity contribution in [3.05, 3.63) is 17.0 Å². The summed E-state index contributed by atoms with van der Waals surface area (Å²) in [4.78, 5) is 14.1. The first-order valence-electron chi connectivity index (χ1n) is 6.79. The minimum absolute atomic E-state index is 0.0812. The molecule has 2 rings (SSSR count). The van der Waals surface area contributed by atoms with Gasteiger partial charge >= 0.3 is 0 Å². The number of aryl methyl sites for hydroxylation is 1. The normalized spacial score (nSPS) is 21.1. The van der Waals surface area contributed by atoms with Crippen molar-refractivity contribution >= 4 is 5.91 Å². The lowest BCUT2D eigenvalue weighted by Crippen LogP contribution is -2.31. The van der Waals surface area contributed by atoms with Crippen LogP contribution in [0.1, 0.15) is 48.1 Å². The van der Waals surface area contributed by atoms with Crippen molar-refractivity contribution in [1.29, 1.82) is 5.26 Å². The average Bonchev–Trinajstić information content (AvgIpc) is 2.71. The number of hydrogen-bond acceptors (Lipinski definition) is 4. The van der Waals surface area contributed by atoms with Gasteiger partial charge in [0.05, 0.1) is 30.4 Å². The first-order chi connectivity index (χ1) is 9.45. The van der Waals surface area contributed by atoms with Crippen LogP contribution in [0.5, 0.6) is 0 Å². The van der Waals surface area contributed by atoms with E-state index in [2.05, 4.69) is 11.2 Å². The Morgan fingerprint density at radius 3 is 2.95 bits per heavy atom. The number of hydrogen-bond donors (Lipinski definition) is 0. The average molecular weight is 276 g/mol. The van der Waals surface area contributed by atoms with Gasteiger partial charge in [-0.25, -0.2) is 0 Å². The van der Waals surface area contributed by atoms with Gasteiger partial charge in [-0.2, -0.15) is 10.4 Å². The Morgan fingerprint density at radius 1 is 1.60 bits per heavy atom. The van der Waals surface area contributed by atoms with E-state index in [-0.39, 0.29) is 18.1 Å². The fourth-order valence-corrected chi connectivity index (χ4v) is 2.63. The number of amides is 1. The molecule has 2 heterocycles. The summed E-state index contributed by atoms with van der Waals surface area (Å²) in [5.41, 5.74) is 2.44. The molecular formula is C14H20N4O2. The summed E-state index contributed by atoms with van der Waals surface area (Å²) in [5, 5.41) is 13.1. The highest BCUT2D eigenvalue weighted by Crippen LogP contribution is 2.31. The van der Waals surface area contributed by atoms with E-state index in [4.69, 9.17) is 10.00 Å². The molecule has 2 atom stereocenters. The van der Waals surface area contributed by atoms with Gasteiger partial charge in [0.15, 0.2) is 0 Å². The smallest absolute Gasteiger partial charge is 0.272 e. The van der Waals surface area contributed by atoms with Crippen LogP contribution in [-0.4, -0.2) is 40.3 Å². The van der Waals surface area contributed by atoms with Crippen LogP contribution in [0, 0.1) is 11.3 Å². The van der Waals surface area contributed by atoms with Crippen LogP contribution in [-0.2, 0) is 18.2 Å². The number of nitrogens with zero attached hydrogens (tertiary/aromatic N) is 4. The van der Waals surface area contributed by atoms with Crippen LogP contribution in [0.15, 0.2) is 0 Å². The van der Waals surface area contributed by atoms with Crippen molar-refractivity contribution in [3.63, 3.8) is 0 Å². The van der Waals surface area contributed by atoms with Gasteiger partial charge in [0.2, 0.25) is 0 Å². The zero-order valence-corrected chi connectivity index (χ0v) is 12.4. The van der Waals surface area contributed by atoms with E-state index >= 15 is 0 Å². The summed E-state index contributed by atoms with van der Waals surface area (Å²) in [6, 6.07) is 2.05. The van der Waals surface area contributed by atoms with Gasteiger partial charge in [-0.1, -0.05) is 0 Å². The van der Waals surface area contributed by atoms with Gasteiger partial charge in [-0.15, -0.1) is 0 Å². The molecule has 1 amide bonds. The monoisotopic (exact) mass is 276 g/mol. The Bertz CT molecular complexity index is 558. The number of aromatic nitrogens is 2. The van der Waals surface area contributed by atoms with Crippen molar-refractivity contribution in [2.24, 2.45) is 7.05 Å². The maximum Gasteiger partial charge on any atom is 0.272 e. The predicted molar refractivity (Wildman–Crippen MR) is 73.1 cm³/mol. The number of rotatable bonds is 3. The van der Waals surface area contributed by atoms with Crippen molar-refractivity contribution in [2.45, 2.75) is 38.9 Å². The minimum Gasteiger partial charge on any atom is -0.369 e. The topological polar surface area (TPSA) is 71.2 Å². The summed E-state index contributed by atoms with van der Waals surface area (Å²) < 4.78 is 7.37. The molecule has 0 saturated carbocycles. The van der Waals surface area contributed by atoms with Crippen LogP contribution in [0.3, 0.4) is 0 Å². The molecule has 0 fully saturated rings. The highest BCUT2D eigenvalue weighted by atomic mass is 16.5. The van der Waals surface area contributed by atoms with Crippen LogP contribution in [0.4, 0.5) is 0 Å². The zero-order chi connectivity index (χ0) is 14.9. The second-order valence-electron chi connectivity index (χ2n) is 5.26. The number of carbonyl (C=O) groups excluding carboxylic acids is 1. The molecule has 0 unspecified atom stereocenters. The molecule has 6 nitrogen and oxygen atoms in total. The lowest BCUT2D eigenvalue weighted by atomic mass is 9.99. The van der Waals surface area contributed by atoms with E-state index in [1.807, 2.05) is 13.8 Å². The summed E-state index contributed by atoms with van der Waals surface area (Å²) in [6.45, 7) is 4.38. The first kappa shape index (κ1) is 14.5. The Labute approximate surface area is 118 Å². The summed E-state index contributed by atoms with van der Waals surface area (Å²) in [5.74, 6) is -0.0854. The lowest BCUT2D eigenvalue weighted by molar-refractivity contribution is -0.00713. The Morgan fingerprint density at radius 2 is 2.30 bits per heavy atom. The largest absolute Gasteiger partial charge is 0.369 e. The summed E-state index contributed by atoms with van der Waals surface area (Å²) >= 11 is 0. The maximum atomic E-state index is 12.5. The third kappa shape index (κ3) is 2.54. The van der Waals surface area contributed by atoms with E-state index in [0.717, 1.165) is 11.3 Å². The third-order valence-corrected chi connectivity index (χ3v) is 3.60. The third-order valence-electron chi connectivity index (χ3n) is 3.60. The minimum atomic E-state index is -0.0917. The van der Waals surface area contributed by atoms with E-state index in [1.54, 1.807) is 23.7 Å². The second-order valence-corrected chi connectivity index (χ2v) is 5.26. The molecule has 108 valence electrons. The van der Waals surface area contributed by atoms with Crippen molar-refractivity contribution in [2.75, 3.05) is 13.6 Å². The van der Waals surface area contributed by atoms with Crippen LogP contribution < -0.4 is 0 Å². The van der Waals surface area contributed by atoms with Gasteiger partial charge in [-0.05, 0) is 13.8 Å². The fourth-order valence-electron chi connectivity index (χ4n) is 2.63. The molecule has 0 spiro atoms. The Kier molecular flexibility index (Phi) is 4.09. The second kappa shape index (κ2) is 5.63. The number of nitriles is 1. The predicted octanol–water partition coefficient (Wildman–Crippen LogP) is 1.43. The van der Waals surface area contributed by atoms with Crippen molar-refractivity contribution < 1.29 is 9.53 Å². The Balaban J connectivity index is 2.33. The molecule has 0 N–H and O–H groups in total. The van der Waals surface area contributed by atoms with Gasteiger partial charge in [0, 0.05) is 32.6 Å². The SMILES string of the molecule is C[C@@H]1Cc2c(nn(C)c2C(=O)N(C)CCC#N)[C@H](C)O1. The molecule has 0 aliphatic carbocycles. The Hall–Kier alpha value is -1.87. The molecular weight excluding hydrogens is 256 g/mol. The van der Waals surface area contributed by atoms with Gasteiger partial charge in [0.1, 0.15) is 5.69 Å². The van der Waals surface area contributed by atoms with Crippen molar-refractivity contribution in [3.8, 4) is 6.07 Å². The molecule has 0 saturated heterocycles. The molecule has 1 aliphatic heterocycles. The molecule has 0 radical (unpaired) electrons. The quantitative estimate of drug-likeness (QED) is 0.837. The maximum absolute atomic E-state index is 12.5. The standard InChI is InChI=1S/C14H20N4O2/c1-9-8-11-12(10(2)20-9)16-18(4)13(11)14(19)17(3)7-5-6-15/h9-10H,5,7-8H2,1-4H3/t9-,10+/m1/s1. The number of ether oxygens (including phenoxy) is 1. The van der Waals surface area contributed by atoms with Crippen LogP contribution in [0.25, 0.3) is 0 Å². The van der Waals surface area contributed by atoms with Crippen LogP contribution >= 0.6 is 0 Å². The first-order valence-corrected chi connectivity index (χ1v) is 6.79. The van der Waals surface area contributed by atoms with Gasteiger partial charge in [-0.3, -0.25) is 9.48 Å². The van der Waals surface area contributed by atoms with E-state index in [1.165, 1.54) is 0 Å². The molecule has 1 aliphatic rings. The fraction of sp³-hybridized carbons (Fsp3) is 0.643. The van der Waals surface area contributed by atoms with E-state index in [0.29, 0.717) is 25.1 Å². The molecule has 6 heteroatoms. The molecule has 1 aromatic rings. The van der Waals surface area contributed by atoms with Crippen LogP contribution in [0.2, 0.25) is 0 Å². The zero-order valence-electron chi connectivity index (χ0n) is 12.4. The molecule has 20 heavy (non-hydrogen) atoms. The van der Waals surface area contributed by atoms with E-state index in [9.17, 15) is 4.79 Å². The molecule has 1 aromatic heterocycles. The number of fused-ring (bicyclic) bond motifs is 1. The van der Waals surface area contributed by atoms with Gasteiger partial charge in [0.25, 0.3) is 5.91 Å². The highest BCUT2D eigenvalue weighted by molar-refractivity contribution is 5.94. The summed E-state index contributed by atoms with van der Waals surface area (Å²) in [6.07, 6.45) is 1.02.